The highest BCUT2D eigenvalue weighted by atomic mass is 32.2. The lowest BCUT2D eigenvalue weighted by atomic mass is 9.85. The van der Waals surface area contributed by atoms with E-state index in [0.717, 1.165) is 5.56 Å². The van der Waals surface area contributed by atoms with E-state index < -0.39 is 33.7 Å². The number of benzene rings is 2. The fraction of sp³-hybridized carbons (Fsp3) is 0.435. The van der Waals surface area contributed by atoms with Gasteiger partial charge in [0.2, 0.25) is 0 Å². The van der Waals surface area contributed by atoms with Crippen LogP contribution in [0.1, 0.15) is 44.2 Å². The Morgan fingerprint density at radius 3 is 2.58 bits per heavy atom. The lowest BCUT2D eigenvalue weighted by Gasteiger charge is -2.33. The van der Waals surface area contributed by atoms with Gasteiger partial charge in [0.25, 0.3) is 10.1 Å². The summed E-state index contributed by atoms with van der Waals surface area (Å²) in [6, 6.07) is 10.5. The van der Waals surface area contributed by atoms with Gasteiger partial charge in [0, 0.05) is 0 Å². The van der Waals surface area contributed by atoms with E-state index in [1.165, 1.54) is 30.3 Å². The van der Waals surface area contributed by atoms with Gasteiger partial charge in [-0.1, -0.05) is 17.7 Å². The summed E-state index contributed by atoms with van der Waals surface area (Å²) in [7, 11) is -4.09. The summed E-state index contributed by atoms with van der Waals surface area (Å²) < 4.78 is 50.9. The fourth-order valence-electron chi connectivity index (χ4n) is 3.47. The minimum atomic E-state index is -4.09. The number of ether oxygens (including phenoxy) is 1. The maximum Gasteiger partial charge on any atom is 0.309 e. The van der Waals surface area contributed by atoms with Gasteiger partial charge >= 0.3 is 5.97 Å². The number of carboxylic acids is 1. The van der Waals surface area contributed by atoms with Crippen molar-refractivity contribution in [2.24, 2.45) is 5.41 Å². The van der Waals surface area contributed by atoms with E-state index in [1.54, 1.807) is 26.0 Å². The average molecular weight is 451 g/mol. The molecule has 1 aliphatic rings. The van der Waals surface area contributed by atoms with Crippen LogP contribution < -0.4 is 4.74 Å². The largest absolute Gasteiger partial charge is 0.487 e. The second-order valence-electron chi connectivity index (χ2n) is 8.58. The zero-order valence-corrected chi connectivity index (χ0v) is 18.6. The first-order valence-corrected chi connectivity index (χ1v) is 11.6. The highest BCUT2D eigenvalue weighted by molar-refractivity contribution is 7.86. The molecule has 2 aromatic carbocycles. The summed E-state index contributed by atoms with van der Waals surface area (Å²) in [5.74, 6) is -0.853. The van der Waals surface area contributed by atoms with Crippen LogP contribution in [0, 0.1) is 18.2 Å². The van der Waals surface area contributed by atoms with Gasteiger partial charge in [-0.05, 0) is 82.3 Å². The summed E-state index contributed by atoms with van der Waals surface area (Å²) in [5.41, 5.74) is 0.575. The Kier molecular flexibility index (Phi) is 6.71. The number of rotatable bonds is 8. The molecule has 0 aromatic heterocycles. The first kappa shape index (κ1) is 23.2. The number of fused-ring (bicyclic) bond motifs is 1. The number of carbonyl (C=O) groups is 1. The Hall–Kier alpha value is -2.45. The van der Waals surface area contributed by atoms with Gasteiger partial charge in [0.1, 0.15) is 23.8 Å². The third-order valence-corrected chi connectivity index (χ3v) is 6.96. The molecular weight excluding hydrogens is 423 g/mol. The van der Waals surface area contributed by atoms with Gasteiger partial charge in [0.15, 0.2) is 0 Å². The zero-order chi connectivity index (χ0) is 22.8. The molecule has 2 unspecified atom stereocenters. The molecule has 8 heteroatoms. The van der Waals surface area contributed by atoms with Crippen LogP contribution in [0.25, 0.3) is 0 Å². The molecule has 0 aliphatic carbocycles. The summed E-state index contributed by atoms with van der Waals surface area (Å²) in [6.07, 6.45) is -0.188. The smallest absolute Gasteiger partial charge is 0.309 e. The van der Waals surface area contributed by atoms with Crippen molar-refractivity contribution < 1.29 is 31.6 Å². The van der Waals surface area contributed by atoms with Crippen molar-refractivity contribution in [1.82, 2.24) is 0 Å². The number of carboxylic acid groups (broad SMARTS) is 1. The Bertz CT molecular complexity index is 1050. The number of halogens is 1. The molecule has 2 atom stereocenters. The molecule has 2 aromatic rings. The van der Waals surface area contributed by atoms with Gasteiger partial charge in [-0.3, -0.25) is 8.98 Å². The summed E-state index contributed by atoms with van der Waals surface area (Å²) in [4.78, 5) is 11.5. The van der Waals surface area contributed by atoms with E-state index in [4.69, 9.17) is 8.92 Å². The molecule has 0 saturated heterocycles. The van der Waals surface area contributed by atoms with Crippen LogP contribution >= 0.6 is 0 Å². The molecule has 31 heavy (non-hydrogen) atoms. The van der Waals surface area contributed by atoms with Crippen LogP contribution in [-0.2, 0) is 25.5 Å². The molecule has 0 saturated carbocycles. The van der Waals surface area contributed by atoms with E-state index in [-0.39, 0.29) is 23.6 Å². The van der Waals surface area contributed by atoms with Crippen molar-refractivity contribution in [1.29, 1.82) is 0 Å². The minimum absolute atomic E-state index is 0.0267. The Morgan fingerprint density at radius 1 is 1.26 bits per heavy atom. The van der Waals surface area contributed by atoms with E-state index in [1.807, 2.05) is 6.92 Å². The van der Waals surface area contributed by atoms with Gasteiger partial charge in [0.05, 0.1) is 10.3 Å². The van der Waals surface area contributed by atoms with Crippen LogP contribution in [0.2, 0.25) is 0 Å². The average Bonchev–Trinajstić information content (AvgIpc) is 2.71. The predicted octanol–water partition coefficient (Wildman–Crippen LogP) is 4.49. The van der Waals surface area contributed by atoms with Gasteiger partial charge in [-0.25, -0.2) is 4.39 Å². The van der Waals surface area contributed by atoms with E-state index >= 15 is 0 Å². The molecule has 0 radical (unpaired) electrons. The standard InChI is InChI=1S/C23H27FO6S/c1-15-4-8-18(9-5-15)31(27,28)30-21(12-13-23(2,3)22(25)26)20-10-6-16-14-17(24)7-11-19(16)29-20/h4-5,7-9,11,14,20-21H,6,10,12-13H2,1-3H3,(H,25,26). The van der Waals surface area contributed by atoms with Crippen LogP contribution in [-0.4, -0.2) is 31.7 Å². The van der Waals surface area contributed by atoms with Crippen molar-refractivity contribution >= 4 is 16.1 Å². The zero-order valence-electron chi connectivity index (χ0n) is 17.8. The van der Waals surface area contributed by atoms with Crippen molar-refractivity contribution in [3.8, 4) is 5.75 Å². The van der Waals surface area contributed by atoms with Crippen LogP contribution in [0.3, 0.4) is 0 Å². The van der Waals surface area contributed by atoms with Crippen molar-refractivity contribution in [3.05, 3.63) is 59.4 Å². The van der Waals surface area contributed by atoms with Gasteiger partial charge in [-0.2, -0.15) is 8.42 Å². The van der Waals surface area contributed by atoms with E-state index in [2.05, 4.69) is 0 Å². The summed E-state index contributed by atoms with van der Waals surface area (Å²) >= 11 is 0. The Labute approximate surface area is 182 Å². The number of aryl methyl sites for hydroxylation is 2. The lowest BCUT2D eigenvalue weighted by Crippen LogP contribution is -2.39. The topological polar surface area (TPSA) is 89.9 Å². The molecule has 1 aliphatic heterocycles. The third kappa shape index (κ3) is 5.62. The second-order valence-corrected chi connectivity index (χ2v) is 10.1. The molecule has 3 rings (SSSR count). The Balaban J connectivity index is 1.85. The molecule has 0 spiro atoms. The van der Waals surface area contributed by atoms with Crippen LogP contribution in [0.4, 0.5) is 4.39 Å². The SMILES string of the molecule is Cc1ccc(S(=O)(=O)OC(CCC(C)(C)C(=O)O)C2CCc3cc(F)ccc3O2)cc1. The molecule has 1 heterocycles. The lowest BCUT2D eigenvalue weighted by molar-refractivity contribution is -0.147. The van der Waals surface area contributed by atoms with E-state index in [9.17, 15) is 22.7 Å². The molecule has 168 valence electrons. The fourth-order valence-corrected chi connectivity index (χ4v) is 4.60. The van der Waals surface area contributed by atoms with E-state index in [0.29, 0.717) is 24.2 Å². The van der Waals surface area contributed by atoms with Crippen LogP contribution in [0.15, 0.2) is 47.4 Å². The first-order valence-electron chi connectivity index (χ1n) is 10.2. The first-order chi connectivity index (χ1) is 14.5. The Morgan fingerprint density at radius 2 is 1.94 bits per heavy atom. The summed E-state index contributed by atoms with van der Waals surface area (Å²) in [6.45, 7) is 5.02. The number of hydrogen-bond acceptors (Lipinski definition) is 5. The third-order valence-electron chi connectivity index (χ3n) is 5.61. The number of aliphatic carboxylic acids is 1. The molecule has 0 fully saturated rings. The molecular formula is C23H27FO6S. The summed E-state index contributed by atoms with van der Waals surface area (Å²) in [5, 5.41) is 9.43. The normalized spacial score (nSPS) is 17.5. The molecule has 0 amide bonds. The maximum absolute atomic E-state index is 13.5. The van der Waals surface area contributed by atoms with Crippen LogP contribution in [0.5, 0.6) is 5.75 Å². The quantitative estimate of drug-likeness (QED) is 0.596. The van der Waals surface area contributed by atoms with Crippen molar-refractivity contribution in [3.63, 3.8) is 0 Å². The monoisotopic (exact) mass is 450 g/mol. The second kappa shape index (κ2) is 8.96. The molecule has 1 N–H and O–H groups in total. The highest BCUT2D eigenvalue weighted by Gasteiger charge is 2.36. The minimum Gasteiger partial charge on any atom is -0.487 e. The highest BCUT2D eigenvalue weighted by Crippen LogP contribution is 2.34. The maximum atomic E-state index is 13.5. The van der Waals surface area contributed by atoms with Crippen molar-refractivity contribution in [2.45, 2.75) is 63.6 Å². The molecule has 0 bridgehead atoms. The van der Waals surface area contributed by atoms with Gasteiger partial charge < -0.3 is 9.84 Å². The predicted molar refractivity (Wildman–Crippen MR) is 113 cm³/mol. The molecule has 6 nitrogen and oxygen atoms in total. The number of hydrogen-bond donors (Lipinski definition) is 1. The van der Waals surface area contributed by atoms with Gasteiger partial charge in [-0.15, -0.1) is 0 Å². The van der Waals surface area contributed by atoms with Crippen molar-refractivity contribution in [2.75, 3.05) is 0 Å².